The molecule has 1 aliphatic heterocycles. The summed E-state index contributed by atoms with van der Waals surface area (Å²) >= 11 is 0. The van der Waals surface area contributed by atoms with Crippen LogP contribution in [0.2, 0.25) is 0 Å². The molecule has 19 heavy (non-hydrogen) atoms. The summed E-state index contributed by atoms with van der Waals surface area (Å²) in [5.41, 5.74) is 0.960. The smallest absolute Gasteiger partial charge is 0.335 e. The van der Waals surface area contributed by atoms with Crippen LogP contribution < -0.4 is 10.6 Å². The van der Waals surface area contributed by atoms with Gasteiger partial charge in [-0.15, -0.1) is 0 Å². The van der Waals surface area contributed by atoms with Crippen molar-refractivity contribution in [3.8, 4) is 0 Å². The van der Waals surface area contributed by atoms with E-state index in [9.17, 15) is 9.59 Å². The maximum Gasteiger partial charge on any atom is 0.335 e. The van der Waals surface area contributed by atoms with Crippen LogP contribution in [0.3, 0.4) is 0 Å². The van der Waals surface area contributed by atoms with Crippen LogP contribution in [-0.4, -0.2) is 36.4 Å². The Hall–Kier alpha value is -2.08. The monoisotopic (exact) mass is 264 g/mol. The topological polar surface area (TPSA) is 87.7 Å². The minimum atomic E-state index is -0.977. The summed E-state index contributed by atoms with van der Waals surface area (Å²) in [7, 11) is 0. The molecule has 1 aliphatic rings. The Balaban J connectivity index is 1.82. The van der Waals surface area contributed by atoms with Crippen molar-refractivity contribution in [1.29, 1.82) is 0 Å². The molecule has 0 saturated carbocycles. The number of aromatic carboxylic acids is 1. The predicted octanol–water partition coefficient (Wildman–Crippen LogP) is 0.973. The van der Waals surface area contributed by atoms with Crippen LogP contribution in [0.5, 0.6) is 0 Å². The van der Waals surface area contributed by atoms with Crippen LogP contribution in [0.15, 0.2) is 24.3 Å². The molecule has 1 saturated heterocycles. The number of amides is 2. The number of carbonyl (C=O) groups excluding carboxylic acids is 1. The number of urea groups is 1. The number of rotatable bonds is 4. The number of carboxylic acid groups (broad SMARTS) is 1. The standard InChI is InChI=1S/C13H16N2O4/c16-12(17)10-3-1-2-9(6-10)7-14-13(18)15-11-4-5-19-8-11/h1-3,6,11H,4-5,7-8H2,(H,16,17)(H2,14,15,18). The van der Waals surface area contributed by atoms with Gasteiger partial charge in [-0.25, -0.2) is 9.59 Å². The number of carbonyl (C=O) groups is 2. The lowest BCUT2D eigenvalue weighted by Crippen LogP contribution is -2.42. The molecule has 1 atom stereocenters. The number of hydrogen-bond acceptors (Lipinski definition) is 3. The second-order valence-electron chi connectivity index (χ2n) is 4.39. The molecule has 1 aromatic carbocycles. The van der Waals surface area contributed by atoms with Gasteiger partial charge in [0, 0.05) is 13.2 Å². The number of nitrogens with one attached hydrogen (secondary N) is 2. The van der Waals surface area contributed by atoms with Crippen LogP contribution >= 0.6 is 0 Å². The Morgan fingerprint density at radius 1 is 1.42 bits per heavy atom. The van der Waals surface area contributed by atoms with Gasteiger partial charge >= 0.3 is 12.0 Å². The summed E-state index contributed by atoms with van der Waals surface area (Å²) < 4.78 is 5.16. The van der Waals surface area contributed by atoms with Crippen molar-refractivity contribution >= 4 is 12.0 Å². The predicted molar refractivity (Wildman–Crippen MR) is 68.0 cm³/mol. The van der Waals surface area contributed by atoms with Gasteiger partial charge in [-0.2, -0.15) is 0 Å². The lowest BCUT2D eigenvalue weighted by Gasteiger charge is -2.12. The first kappa shape index (κ1) is 13.4. The minimum Gasteiger partial charge on any atom is -0.478 e. The first-order valence-corrected chi connectivity index (χ1v) is 6.09. The van der Waals surface area contributed by atoms with Gasteiger partial charge in [0.2, 0.25) is 0 Å². The van der Waals surface area contributed by atoms with Gasteiger partial charge in [-0.1, -0.05) is 12.1 Å². The molecule has 1 heterocycles. The Morgan fingerprint density at radius 3 is 2.95 bits per heavy atom. The molecule has 1 aromatic rings. The molecular formula is C13H16N2O4. The first-order chi connectivity index (χ1) is 9.15. The van der Waals surface area contributed by atoms with Gasteiger partial charge in [0.25, 0.3) is 0 Å². The van der Waals surface area contributed by atoms with E-state index in [1.165, 1.54) is 6.07 Å². The van der Waals surface area contributed by atoms with Gasteiger partial charge in [-0.05, 0) is 24.1 Å². The van der Waals surface area contributed by atoms with Crippen molar-refractivity contribution in [2.75, 3.05) is 13.2 Å². The van der Waals surface area contributed by atoms with Crippen LogP contribution in [0, 0.1) is 0 Å². The Bertz CT molecular complexity index is 469. The second kappa shape index (κ2) is 6.19. The highest BCUT2D eigenvalue weighted by Crippen LogP contribution is 2.05. The van der Waals surface area contributed by atoms with Crippen LogP contribution in [0.4, 0.5) is 4.79 Å². The summed E-state index contributed by atoms with van der Waals surface area (Å²) in [4.78, 5) is 22.4. The van der Waals surface area contributed by atoms with E-state index in [0.29, 0.717) is 19.8 Å². The highest BCUT2D eigenvalue weighted by atomic mass is 16.5. The first-order valence-electron chi connectivity index (χ1n) is 6.09. The number of carboxylic acids is 1. The lowest BCUT2D eigenvalue weighted by molar-refractivity contribution is 0.0696. The molecule has 102 valence electrons. The van der Waals surface area contributed by atoms with Gasteiger partial charge in [-0.3, -0.25) is 0 Å². The molecule has 0 aromatic heterocycles. The molecule has 0 bridgehead atoms. The fraction of sp³-hybridized carbons (Fsp3) is 0.385. The zero-order chi connectivity index (χ0) is 13.7. The average Bonchev–Trinajstić information content (AvgIpc) is 2.89. The van der Waals surface area contributed by atoms with E-state index in [-0.39, 0.29) is 17.6 Å². The van der Waals surface area contributed by atoms with Crippen molar-refractivity contribution in [3.05, 3.63) is 35.4 Å². The lowest BCUT2D eigenvalue weighted by atomic mass is 10.1. The minimum absolute atomic E-state index is 0.0605. The molecule has 1 unspecified atom stereocenters. The third-order valence-corrected chi connectivity index (χ3v) is 2.89. The van der Waals surface area contributed by atoms with E-state index in [0.717, 1.165) is 12.0 Å². The summed E-state index contributed by atoms with van der Waals surface area (Å²) in [6.07, 6.45) is 0.821. The van der Waals surface area contributed by atoms with Gasteiger partial charge in [0.05, 0.1) is 18.2 Å². The molecule has 0 radical (unpaired) electrons. The largest absolute Gasteiger partial charge is 0.478 e. The Morgan fingerprint density at radius 2 is 2.26 bits per heavy atom. The van der Waals surface area contributed by atoms with Crippen molar-refractivity contribution in [2.45, 2.75) is 19.0 Å². The van der Waals surface area contributed by atoms with E-state index in [1.54, 1.807) is 18.2 Å². The van der Waals surface area contributed by atoms with E-state index < -0.39 is 5.97 Å². The van der Waals surface area contributed by atoms with Crippen molar-refractivity contribution in [3.63, 3.8) is 0 Å². The molecule has 2 amide bonds. The average molecular weight is 264 g/mol. The zero-order valence-electron chi connectivity index (χ0n) is 10.4. The Kier molecular flexibility index (Phi) is 4.35. The van der Waals surface area contributed by atoms with Gasteiger partial charge in [0.15, 0.2) is 0 Å². The SMILES string of the molecule is O=C(NCc1cccc(C(=O)O)c1)NC1CCOC1. The Labute approximate surface area is 110 Å². The van der Waals surface area contributed by atoms with Gasteiger partial charge in [0.1, 0.15) is 0 Å². The molecule has 2 rings (SSSR count). The van der Waals surface area contributed by atoms with Crippen molar-refractivity contribution in [2.24, 2.45) is 0 Å². The molecule has 0 aliphatic carbocycles. The third kappa shape index (κ3) is 3.96. The quantitative estimate of drug-likeness (QED) is 0.756. The zero-order valence-corrected chi connectivity index (χ0v) is 10.4. The summed E-state index contributed by atoms with van der Waals surface area (Å²) in [6, 6.07) is 6.28. The number of ether oxygens (including phenoxy) is 1. The highest BCUT2D eigenvalue weighted by molar-refractivity contribution is 5.87. The van der Waals surface area contributed by atoms with Crippen molar-refractivity contribution in [1.82, 2.24) is 10.6 Å². The van der Waals surface area contributed by atoms with Crippen molar-refractivity contribution < 1.29 is 19.4 Å². The van der Waals surface area contributed by atoms with E-state index in [1.807, 2.05) is 0 Å². The van der Waals surface area contributed by atoms with E-state index in [2.05, 4.69) is 10.6 Å². The molecule has 0 spiro atoms. The fourth-order valence-corrected chi connectivity index (χ4v) is 1.88. The van der Waals surface area contributed by atoms with Crippen LogP contribution in [0.1, 0.15) is 22.3 Å². The fourth-order valence-electron chi connectivity index (χ4n) is 1.88. The second-order valence-corrected chi connectivity index (χ2v) is 4.39. The summed E-state index contributed by atoms with van der Waals surface area (Å²) in [5.74, 6) is -0.977. The number of hydrogen-bond donors (Lipinski definition) is 3. The van der Waals surface area contributed by atoms with Crippen LogP contribution in [-0.2, 0) is 11.3 Å². The molecular weight excluding hydrogens is 248 g/mol. The molecule has 1 fully saturated rings. The highest BCUT2D eigenvalue weighted by Gasteiger charge is 2.17. The van der Waals surface area contributed by atoms with Crippen LogP contribution in [0.25, 0.3) is 0 Å². The van der Waals surface area contributed by atoms with E-state index in [4.69, 9.17) is 9.84 Å². The normalized spacial score (nSPS) is 18.0. The molecule has 6 heteroatoms. The summed E-state index contributed by atoms with van der Waals surface area (Å²) in [6.45, 7) is 1.51. The summed E-state index contributed by atoms with van der Waals surface area (Å²) in [5, 5.41) is 14.4. The van der Waals surface area contributed by atoms with E-state index >= 15 is 0 Å². The maximum atomic E-state index is 11.6. The maximum absolute atomic E-state index is 11.6. The molecule has 3 N–H and O–H groups in total. The third-order valence-electron chi connectivity index (χ3n) is 2.89. The van der Waals surface area contributed by atoms with Gasteiger partial charge < -0.3 is 20.5 Å². The molecule has 6 nitrogen and oxygen atoms in total. The number of benzene rings is 1.